The number of aliphatic hydroxyl groups is 1. The summed E-state index contributed by atoms with van der Waals surface area (Å²) in [6.45, 7) is 9.58. The third-order valence-corrected chi connectivity index (χ3v) is 3.97. The second kappa shape index (κ2) is 7.54. The van der Waals surface area contributed by atoms with Gasteiger partial charge >= 0.3 is 0 Å². The molecule has 1 aromatic rings. The maximum Gasteiger partial charge on any atom is 0.119 e. The van der Waals surface area contributed by atoms with Gasteiger partial charge in [-0.3, -0.25) is 0 Å². The molecule has 1 atom stereocenters. The van der Waals surface area contributed by atoms with E-state index >= 15 is 0 Å². The van der Waals surface area contributed by atoms with E-state index < -0.39 is 0 Å². The average molecular weight is 264 g/mol. The van der Waals surface area contributed by atoms with Gasteiger partial charge in [0.1, 0.15) is 12.4 Å². The van der Waals surface area contributed by atoms with Crippen molar-refractivity contribution in [3.63, 3.8) is 0 Å². The summed E-state index contributed by atoms with van der Waals surface area (Å²) < 4.78 is 5.40. The van der Waals surface area contributed by atoms with Gasteiger partial charge < -0.3 is 9.84 Å². The zero-order valence-electron chi connectivity index (χ0n) is 12.8. The van der Waals surface area contributed by atoms with Gasteiger partial charge in [0, 0.05) is 0 Å². The number of rotatable bonds is 8. The van der Waals surface area contributed by atoms with E-state index in [9.17, 15) is 0 Å². The van der Waals surface area contributed by atoms with E-state index in [1.807, 2.05) is 12.1 Å². The highest BCUT2D eigenvalue weighted by molar-refractivity contribution is 5.32. The summed E-state index contributed by atoms with van der Waals surface area (Å²) in [5.41, 5.74) is 1.63. The molecule has 1 aromatic carbocycles. The molecule has 1 N–H and O–H groups in total. The fourth-order valence-electron chi connectivity index (χ4n) is 2.25. The molecule has 0 aliphatic rings. The first-order valence-electron chi connectivity index (χ1n) is 7.36. The second-order valence-electron chi connectivity index (χ2n) is 5.94. The molecule has 0 aliphatic heterocycles. The number of hydrogen-bond donors (Lipinski definition) is 1. The number of hydrogen-bond acceptors (Lipinski definition) is 2. The molecule has 0 saturated heterocycles. The Kier molecular flexibility index (Phi) is 6.36. The van der Waals surface area contributed by atoms with Crippen molar-refractivity contribution >= 4 is 0 Å². The molecule has 1 rings (SSSR count). The maximum absolute atomic E-state index is 8.75. The average Bonchev–Trinajstić information content (AvgIpc) is 2.43. The molecule has 0 aromatic heterocycles. The van der Waals surface area contributed by atoms with Gasteiger partial charge in [-0.2, -0.15) is 0 Å². The Morgan fingerprint density at radius 2 is 1.84 bits per heavy atom. The number of aliphatic hydroxyl groups excluding tert-OH is 1. The van der Waals surface area contributed by atoms with Gasteiger partial charge in [0.15, 0.2) is 0 Å². The van der Waals surface area contributed by atoms with Crippen LogP contribution < -0.4 is 4.74 Å². The monoisotopic (exact) mass is 264 g/mol. The van der Waals surface area contributed by atoms with Crippen LogP contribution in [-0.4, -0.2) is 18.3 Å². The Morgan fingerprint density at radius 3 is 2.32 bits per heavy atom. The minimum absolute atomic E-state index is 0.0583. The molecule has 19 heavy (non-hydrogen) atoms. The minimum atomic E-state index is 0.0583. The Hall–Kier alpha value is -1.02. The van der Waals surface area contributed by atoms with Crippen LogP contribution in [0.5, 0.6) is 5.75 Å². The standard InChI is InChI=1S/C17H28O2/c1-5-17(4,11-10-14(2)3)15-6-8-16(9-7-15)19-13-12-18/h6-9,14,18H,5,10-13H2,1-4H3/t17-/m1/s1. The van der Waals surface area contributed by atoms with Crippen molar-refractivity contribution in [3.05, 3.63) is 29.8 Å². The van der Waals surface area contributed by atoms with Crippen molar-refractivity contribution in [1.82, 2.24) is 0 Å². The summed E-state index contributed by atoms with van der Waals surface area (Å²) >= 11 is 0. The Bertz CT molecular complexity index is 356. The van der Waals surface area contributed by atoms with Gasteiger partial charge in [0.05, 0.1) is 6.61 Å². The molecule has 0 radical (unpaired) electrons. The van der Waals surface area contributed by atoms with Crippen molar-refractivity contribution in [2.75, 3.05) is 13.2 Å². The predicted octanol–water partition coefficient (Wildman–Crippen LogP) is 4.16. The van der Waals surface area contributed by atoms with Crippen LogP contribution >= 0.6 is 0 Å². The molecule has 0 amide bonds. The minimum Gasteiger partial charge on any atom is -0.491 e. The highest BCUT2D eigenvalue weighted by Crippen LogP contribution is 2.34. The molecule has 2 nitrogen and oxygen atoms in total. The maximum atomic E-state index is 8.75. The van der Waals surface area contributed by atoms with Crippen LogP contribution in [0.15, 0.2) is 24.3 Å². The van der Waals surface area contributed by atoms with Gasteiger partial charge in [-0.25, -0.2) is 0 Å². The first kappa shape index (κ1) is 16.0. The highest BCUT2D eigenvalue weighted by Gasteiger charge is 2.24. The zero-order valence-corrected chi connectivity index (χ0v) is 12.8. The molecule has 0 heterocycles. The van der Waals surface area contributed by atoms with Crippen LogP contribution in [0.4, 0.5) is 0 Å². The van der Waals surface area contributed by atoms with Crippen LogP contribution in [-0.2, 0) is 5.41 Å². The number of ether oxygens (including phenoxy) is 1. The van der Waals surface area contributed by atoms with Gasteiger partial charge in [-0.15, -0.1) is 0 Å². The molecule has 0 saturated carbocycles. The van der Waals surface area contributed by atoms with Crippen LogP contribution in [0.3, 0.4) is 0 Å². The van der Waals surface area contributed by atoms with E-state index in [4.69, 9.17) is 9.84 Å². The third-order valence-electron chi connectivity index (χ3n) is 3.97. The highest BCUT2D eigenvalue weighted by atomic mass is 16.5. The van der Waals surface area contributed by atoms with Crippen LogP contribution in [0, 0.1) is 5.92 Å². The SMILES string of the molecule is CC[C@](C)(CCC(C)C)c1ccc(OCCO)cc1. The lowest BCUT2D eigenvalue weighted by atomic mass is 9.75. The fourth-order valence-corrected chi connectivity index (χ4v) is 2.25. The molecular weight excluding hydrogens is 236 g/mol. The van der Waals surface area contributed by atoms with E-state index in [1.54, 1.807) is 0 Å². The fraction of sp³-hybridized carbons (Fsp3) is 0.647. The summed E-state index contributed by atoms with van der Waals surface area (Å²) in [7, 11) is 0. The molecule has 2 heteroatoms. The van der Waals surface area contributed by atoms with Crippen molar-refractivity contribution in [2.45, 2.75) is 52.4 Å². The van der Waals surface area contributed by atoms with E-state index in [2.05, 4.69) is 39.8 Å². The van der Waals surface area contributed by atoms with E-state index in [0.29, 0.717) is 6.61 Å². The van der Waals surface area contributed by atoms with Crippen LogP contribution in [0.2, 0.25) is 0 Å². The van der Waals surface area contributed by atoms with E-state index in [-0.39, 0.29) is 12.0 Å². The largest absolute Gasteiger partial charge is 0.491 e. The van der Waals surface area contributed by atoms with Gasteiger partial charge in [0.25, 0.3) is 0 Å². The predicted molar refractivity (Wildman–Crippen MR) is 80.7 cm³/mol. The normalized spacial score (nSPS) is 14.4. The summed E-state index contributed by atoms with van der Waals surface area (Å²) in [5, 5.41) is 8.75. The molecule has 108 valence electrons. The summed E-state index contributed by atoms with van der Waals surface area (Å²) in [4.78, 5) is 0. The van der Waals surface area contributed by atoms with Crippen LogP contribution in [0.25, 0.3) is 0 Å². The second-order valence-corrected chi connectivity index (χ2v) is 5.94. The lowest BCUT2D eigenvalue weighted by Gasteiger charge is -2.30. The van der Waals surface area contributed by atoms with Crippen molar-refractivity contribution in [1.29, 1.82) is 0 Å². The zero-order chi connectivity index (χ0) is 14.3. The molecule has 0 bridgehead atoms. The van der Waals surface area contributed by atoms with E-state index in [0.717, 1.165) is 18.1 Å². The molecule has 0 fully saturated rings. The van der Waals surface area contributed by atoms with Crippen molar-refractivity contribution in [2.24, 2.45) is 5.92 Å². The Morgan fingerprint density at radius 1 is 1.21 bits per heavy atom. The Labute approximate surface area is 117 Å². The topological polar surface area (TPSA) is 29.5 Å². The smallest absolute Gasteiger partial charge is 0.119 e. The van der Waals surface area contributed by atoms with Gasteiger partial charge in [-0.1, -0.05) is 46.2 Å². The molecule has 0 spiro atoms. The summed E-state index contributed by atoms with van der Waals surface area (Å²) in [6, 6.07) is 8.34. The van der Waals surface area contributed by atoms with Gasteiger partial charge in [-0.05, 0) is 41.9 Å². The quantitative estimate of drug-likeness (QED) is 0.764. The molecule has 0 unspecified atom stereocenters. The molecule has 0 aliphatic carbocycles. The lowest BCUT2D eigenvalue weighted by molar-refractivity contribution is 0.201. The first-order valence-corrected chi connectivity index (χ1v) is 7.36. The summed E-state index contributed by atoms with van der Waals surface area (Å²) in [5.74, 6) is 1.58. The number of benzene rings is 1. The van der Waals surface area contributed by atoms with E-state index in [1.165, 1.54) is 18.4 Å². The lowest BCUT2D eigenvalue weighted by Crippen LogP contribution is -2.21. The summed E-state index contributed by atoms with van der Waals surface area (Å²) in [6.07, 6.45) is 3.63. The Balaban J connectivity index is 2.74. The van der Waals surface area contributed by atoms with Gasteiger partial charge in [0.2, 0.25) is 0 Å². The van der Waals surface area contributed by atoms with Crippen molar-refractivity contribution in [3.8, 4) is 5.75 Å². The molecular formula is C17H28O2. The third kappa shape index (κ3) is 4.87. The first-order chi connectivity index (χ1) is 9.01. The van der Waals surface area contributed by atoms with Crippen LogP contribution in [0.1, 0.15) is 52.5 Å². The van der Waals surface area contributed by atoms with Crippen molar-refractivity contribution < 1.29 is 9.84 Å².